The minimum Gasteiger partial charge on any atom is -0.343 e. The van der Waals surface area contributed by atoms with E-state index in [0.29, 0.717) is 0 Å². The fourth-order valence-electron chi connectivity index (χ4n) is 2.99. The maximum Gasteiger partial charge on any atom is 0.0454 e. The number of benzene rings is 1. The third-order valence-electron chi connectivity index (χ3n) is 3.92. The third kappa shape index (κ3) is 1.40. The van der Waals surface area contributed by atoms with Crippen molar-refractivity contribution in [1.82, 2.24) is 4.90 Å². The Labute approximate surface area is 107 Å². The number of fused-ring (bicyclic) bond motifs is 3. The van der Waals surface area contributed by atoms with Gasteiger partial charge in [-0.3, -0.25) is 0 Å². The highest BCUT2D eigenvalue weighted by Gasteiger charge is 2.20. The summed E-state index contributed by atoms with van der Waals surface area (Å²) in [6.07, 6.45) is 13.9. The molecule has 0 unspecified atom stereocenters. The first-order valence-corrected chi connectivity index (χ1v) is 6.57. The first kappa shape index (κ1) is 9.95. The zero-order chi connectivity index (χ0) is 11.9. The highest BCUT2D eigenvalue weighted by atomic mass is 15.1. The van der Waals surface area contributed by atoms with E-state index in [1.807, 2.05) is 0 Å². The van der Waals surface area contributed by atoms with Gasteiger partial charge in [0.05, 0.1) is 0 Å². The van der Waals surface area contributed by atoms with Crippen molar-refractivity contribution in [2.45, 2.75) is 12.8 Å². The average molecular weight is 233 g/mol. The van der Waals surface area contributed by atoms with Crippen LogP contribution in [0.25, 0.3) is 12.3 Å². The summed E-state index contributed by atoms with van der Waals surface area (Å²) >= 11 is 0. The Balaban J connectivity index is 1.98. The highest BCUT2D eigenvalue weighted by Crippen LogP contribution is 2.32. The molecule has 3 aliphatic rings. The van der Waals surface area contributed by atoms with Crippen LogP contribution >= 0.6 is 0 Å². The van der Waals surface area contributed by atoms with Gasteiger partial charge in [0.25, 0.3) is 0 Å². The molecule has 2 heterocycles. The molecule has 1 aliphatic carbocycles. The topological polar surface area (TPSA) is 3.24 Å². The van der Waals surface area contributed by atoms with Crippen LogP contribution in [0.5, 0.6) is 0 Å². The van der Waals surface area contributed by atoms with Crippen molar-refractivity contribution in [3.8, 4) is 0 Å². The van der Waals surface area contributed by atoms with Gasteiger partial charge < -0.3 is 4.90 Å². The third-order valence-corrected chi connectivity index (χ3v) is 3.92. The van der Waals surface area contributed by atoms with Crippen molar-refractivity contribution < 1.29 is 0 Å². The number of rotatable bonds is 0. The lowest BCUT2D eigenvalue weighted by molar-refractivity contribution is 0.560. The van der Waals surface area contributed by atoms with Gasteiger partial charge in [0.15, 0.2) is 0 Å². The molecule has 1 aromatic rings. The first-order chi connectivity index (χ1) is 8.92. The molecule has 18 heavy (non-hydrogen) atoms. The number of hydrogen-bond acceptors (Lipinski definition) is 1. The largest absolute Gasteiger partial charge is 0.343 e. The van der Waals surface area contributed by atoms with Gasteiger partial charge in [0.1, 0.15) is 0 Å². The van der Waals surface area contributed by atoms with Crippen LogP contribution in [0.4, 0.5) is 0 Å². The summed E-state index contributed by atoms with van der Waals surface area (Å²) in [4.78, 5) is 2.38. The lowest BCUT2D eigenvalue weighted by Crippen LogP contribution is -2.36. The lowest BCUT2D eigenvalue weighted by Gasteiger charge is -2.31. The molecule has 0 aromatic heterocycles. The Morgan fingerprint density at radius 1 is 1.06 bits per heavy atom. The van der Waals surface area contributed by atoms with E-state index in [4.69, 9.17) is 0 Å². The van der Waals surface area contributed by atoms with Gasteiger partial charge in [-0.2, -0.15) is 0 Å². The van der Waals surface area contributed by atoms with Gasteiger partial charge in [-0.05, 0) is 40.5 Å². The van der Waals surface area contributed by atoms with Crippen LogP contribution in [-0.2, 0) is 0 Å². The van der Waals surface area contributed by atoms with Gasteiger partial charge >= 0.3 is 0 Å². The zero-order valence-corrected chi connectivity index (χ0v) is 10.3. The standard InChI is InChI=1S/C17H15N/c1-2-7-15-12-18-10-9-13-5-3-4-8-16(13)17(18)11-14(15)6-1/h1-3,5-7,9,11-12H,4,8,10H2. The van der Waals surface area contributed by atoms with Crippen molar-refractivity contribution in [3.63, 3.8) is 0 Å². The Morgan fingerprint density at radius 3 is 2.89 bits per heavy atom. The average Bonchev–Trinajstić information content (AvgIpc) is 2.45. The molecule has 0 fully saturated rings. The number of allylic oxidation sites excluding steroid dienone is 5. The van der Waals surface area contributed by atoms with E-state index in [-0.39, 0.29) is 0 Å². The summed E-state index contributed by atoms with van der Waals surface area (Å²) in [7, 11) is 0. The summed E-state index contributed by atoms with van der Waals surface area (Å²) < 4.78 is 0. The molecular formula is C17H15N. The molecule has 1 aromatic carbocycles. The second kappa shape index (κ2) is 3.74. The summed E-state index contributed by atoms with van der Waals surface area (Å²) in [6.45, 7) is 0.989. The Kier molecular flexibility index (Phi) is 2.07. The van der Waals surface area contributed by atoms with Crippen molar-refractivity contribution in [2.75, 3.05) is 6.54 Å². The van der Waals surface area contributed by atoms with Gasteiger partial charge in [-0.15, -0.1) is 0 Å². The second-order valence-electron chi connectivity index (χ2n) is 5.02. The van der Waals surface area contributed by atoms with Crippen molar-refractivity contribution in [2.24, 2.45) is 0 Å². The zero-order valence-electron chi connectivity index (χ0n) is 10.3. The van der Waals surface area contributed by atoms with Crippen molar-refractivity contribution in [3.05, 3.63) is 69.8 Å². The Morgan fingerprint density at radius 2 is 1.94 bits per heavy atom. The minimum atomic E-state index is 0.989. The molecule has 4 rings (SSSR count). The number of nitrogens with zero attached hydrogens (tertiary/aromatic N) is 1. The fourth-order valence-corrected chi connectivity index (χ4v) is 2.99. The van der Waals surface area contributed by atoms with E-state index in [9.17, 15) is 0 Å². The van der Waals surface area contributed by atoms with Gasteiger partial charge in [-0.25, -0.2) is 0 Å². The summed E-state index contributed by atoms with van der Waals surface area (Å²) in [5, 5.41) is 2.66. The van der Waals surface area contributed by atoms with E-state index >= 15 is 0 Å². The predicted octanol–water partition coefficient (Wildman–Crippen LogP) is 2.06. The number of hydrogen-bond donors (Lipinski definition) is 0. The minimum absolute atomic E-state index is 0.989. The van der Waals surface area contributed by atoms with Crippen LogP contribution in [0.2, 0.25) is 0 Å². The van der Waals surface area contributed by atoms with Crippen LogP contribution in [0.15, 0.2) is 59.3 Å². The quantitative estimate of drug-likeness (QED) is 0.663. The molecule has 0 N–H and O–H groups in total. The molecule has 0 saturated carbocycles. The monoisotopic (exact) mass is 233 g/mol. The normalized spacial score (nSPS) is 20.2. The summed E-state index contributed by atoms with van der Waals surface area (Å²) in [6, 6.07) is 8.61. The molecule has 0 amide bonds. The van der Waals surface area contributed by atoms with Gasteiger partial charge in [0, 0.05) is 18.4 Å². The van der Waals surface area contributed by atoms with E-state index in [2.05, 4.69) is 59.7 Å². The van der Waals surface area contributed by atoms with Gasteiger partial charge in [0.2, 0.25) is 0 Å². The SMILES string of the molecule is C1=CC2=CCN3C=c4ccccc4=CC3=C2CC1. The van der Waals surface area contributed by atoms with Crippen molar-refractivity contribution in [1.29, 1.82) is 0 Å². The van der Waals surface area contributed by atoms with Crippen LogP contribution in [-0.4, -0.2) is 11.4 Å². The highest BCUT2D eigenvalue weighted by molar-refractivity contribution is 5.63. The Hall–Kier alpha value is -2.02. The molecule has 88 valence electrons. The molecule has 1 nitrogen and oxygen atoms in total. The molecule has 2 aliphatic heterocycles. The van der Waals surface area contributed by atoms with Crippen LogP contribution in [0.1, 0.15) is 12.8 Å². The van der Waals surface area contributed by atoms with Gasteiger partial charge in [-0.1, -0.05) is 42.5 Å². The smallest absolute Gasteiger partial charge is 0.0454 e. The maximum absolute atomic E-state index is 2.38. The summed E-state index contributed by atoms with van der Waals surface area (Å²) in [5.41, 5.74) is 4.33. The molecule has 0 spiro atoms. The fraction of sp³-hybridized carbons (Fsp3) is 0.176. The molecule has 1 heteroatoms. The van der Waals surface area contributed by atoms with E-state index in [0.717, 1.165) is 6.54 Å². The summed E-state index contributed by atoms with van der Waals surface area (Å²) in [5.74, 6) is 0. The molecular weight excluding hydrogens is 218 g/mol. The van der Waals surface area contributed by atoms with Crippen molar-refractivity contribution >= 4 is 12.3 Å². The second-order valence-corrected chi connectivity index (χ2v) is 5.02. The van der Waals surface area contributed by atoms with Crippen LogP contribution in [0.3, 0.4) is 0 Å². The van der Waals surface area contributed by atoms with E-state index in [1.54, 1.807) is 0 Å². The van der Waals surface area contributed by atoms with E-state index in [1.165, 1.54) is 40.1 Å². The van der Waals surface area contributed by atoms with Crippen LogP contribution < -0.4 is 10.4 Å². The lowest BCUT2D eigenvalue weighted by atomic mass is 9.89. The molecule has 0 radical (unpaired) electrons. The molecule has 0 bridgehead atoms. The predicted molar refractivity (Wildman–Crippen MR) is 74.8 cm³/mol. The molecule has 0 atom stereocenters. The first-order valence-electron chi connectivity index (χ1n) is 6.57. The van der Waals surface area contributed by atoms with E-state index < -0.39 is 0 Å². The Bertz CT molecular complexity index is 716. The molecule has 0 saturated heterocycles. The van der Waals surface area contributed by atoms with Crippen LogP contribution in [0, 0.1) is 0 Å². The maximum atomic E-state index is 2.38.